The molecule has 0 heterocycles. The van der Waals surface area contributed by atoms with Crippen LogP contribution in [0.5, 0.6) is 11.5 Å². The monoisotopic (exact) mass is 265 g/mol. The molecule has 0 bridgehead atoms. The van der Waals surface area contributed by atoms with E-state index in [0.717, 1.165) is 42.7 Å². The minimum Gasteiger partial charge on any atom is -0.497 e. The highest BCUT2D eigenvalue weighted by Crippen LogP contribution is 2.31. The first-order valence-electron chi connectivity index (χ1n) is 6.83. The van der Waals surface area contributed by atoms with Gasteiger partial charge in [0.2, 0.25) is 0 Å². The summed E-state index contributed by atoms with van der Waals surface area (Å²) >= 11 is 0. The molecule has 4 heteroatoms. The lowest BCUT2D eigenvalue weighted by atomic mass is 10.2. The fourth-order valence-electron chi connectivity index (χ4n) is 1.85. The average Bonchev–Trinajstić information content (AvgIpc) is 3.26. The van der Waals surface area contributed by atoms with Gasteiger partial charge in [-0.3, -0.25) is 0 Å². The highest BCUT2D eigenvalue weighted by Gasteiger charge is 2.22. The number of rotatable bonds is 9. The zero-order valence-electron chi connectivity index (χ0n) is 11.8. The molecule has 19 heavy (non-hydrogen) atoms. The van der Waals surface area contributed by atoms with Crippen molar-refractivity contribution in [2.75, 3.05) is 34.0 Å². The van der Waals surface area contributed by atoms with Gasteiger partial charge in [0.05, 0.1) is 20.3 Å². The third-order valence-electron chi connectivity index (χ3n) is 3.24. The number of methoxy groups -OCH3 is 2. The highest BCUT2D eigenvalue weighted by atomic mass is 16.5. The summed E-state index contributed by atoms with van der Waals surface area (Å²) in [5.74, 6) is 2.58. The first-order valence-corrected chi connectivity index (χ1v) is 6.83. The molecule has 0 aliphatic heterocycles. The molecular formula is C15H23NO3. The number of ether oxygens (including phenoxy) is 3. The van der Waals surface area contributed by atoms with Crippen molar-refractivity contribution in [2.45, 2.75) is 19.4 Å². The van der Waals surface area contributed by atoms with Crippen LogP contribution in [0.25, 0.3) is 0 Å². The number of hydrogen-bond acceptors (Lipinski definition) is 4. The van der Waals surface area contributed by atoms with Crippen LogP contribution in [0.2, 0.25) is 0 Å². The van der Waals surface area contributed by atoms with Crippen LogP contribution in [-0.4, -0.2) is 34.0 Å². The second-order valence-corrected chi connectivity index (χ2v) is 4.90. The van der Waals surface area contributed by atoms with Gasteiger partial charge in [-0.2, -0.15) is 0 Å². The van der Waals surface area contributed by atoms with Crippen molar-refractivity contribution in [3.63, 3.8) is 0 Å². The van der Waals surface area contributed by atoms with Gasteiger partial charge >= 0.3 is 0 Å². The molecule has 4 nitrogen and oxygen atoms in total. The Morgan fingerprint density at radius 2 is 2.11 bits per heavy atom. The molecule has 1 aliphatic carbocycles. The van der Waals surface area contributed by atoms with Gasteiger partial charge in [-0.05, 0) is 37.0 Å². The molecule has 0 amide bonds. The standard InChI is InChI=1S/C15H23NO3/c1-17-8-7-16-10-13-9-14(18-2)5-6-15(13)19-11-12-3-4-12/h5-6,9,12,16H,3-4,7-8,10-11H2,1-2H3. The highest BCUT2D eigenvalue weighted by molar-refractivity contribution is 5.40. The SMILES string of the molecule is COCCNCc1cc(OC)ccc1OCC1CC1. The fraction of sp³-hybridized carbons (Fsp3) is 0.600. The predicted molar refractivity (Wildman–Crippen MR) is 74.8 cm³/mol. The van der Waals surface area contributed by atoms with Gasteiger partial charge in [-0.1, -0.05) is 0 Å². The van der Waals surface area contributed by atoms with Crippen LogP contribution in [0.15, 0.2) is 18.2 Å². The Labute approximate surface area is 115 Å². The van der Waals surface area contributed by atoms with E-state index in [1.807, 2.05) is 18.2 Å². The molecule has 0 unspecified atom stereocenters. The van der Waals surface area contributed by atoms with Gasteiger partial charge < -0.3 is 19.5 Å². The van der Waals surface area contributed by atoms with E-state index < -0.39 is 0 Å². The normalized spacial score (nSPS) is 14.4. The summed E-state index contributed by atoms with van der Waals surface area (Å²) in [6, 6.07) is 5.97. The summed E-state index contributed by atoms with van der Waals surface area (Å²) in [7, 11) is 3.39. The second kappa shape index (κ2) is 7.36. The fourth-order valence-corrected chi connectivity index (χ4v) is 1.85. The Morgan fingerprint density at radius 1 is 1.26 bits per heavy atom. The van der Waals surface area contributed by atoms with Crippen LogP contribution in [-0.2, 0) is 11.3 Å². The number of nitrogens with one attached hydrogen (secondary N) is 1. The van der Waals surface area contributed by atoms with Crippen molar-refractivity contribution in [1.29, 1.82) is 0 Å². The Hall–Kier alpha value is -1.26. The minimum atomic E-state index is 0.711. The summed E-state index contributed by atoms with van der Waals surface area (Å²) in [5.41, 5.74) is 1.14. The molecule has 1 fully saturated rings. The minimum absolute atomic E-state index is 0.711. The van der Waals surface area contributed by atoms with Crippen molar-refractivity contribution >= 4 is 0 Å². The van der Waals surface area contributed by atoms with Gasteiger partial charge in [0, 0.05) is 25.8 Å². The molecule has 2 rings (SSSR count). The third kappa shape index (κ3) is 4.73. The third-order valence-corrected chi connectivity index (χ3v) is 3.24. The van der Waals surface area contributed by atoms with Crippen molar-refractivity contribution in [2.24, 2.45) is 5.92 Å². The zero-order valence-corrected chi connectivity index (χ0v) is 11.8. The molecule has 1 aliphatic rings. The maximum atomic E-state index is 5.89. The van der Waals surface area contributed by atoms with E-state index in [4.69, 9.17) is 14.2 Å². The molecule has 0 spiro atoms. The van der Waals surface area contributed by atoms with Crippen molar-refractivity contribution in [3.05, 3.63) is 23.8 Å². The van der Waals surface area contributed by atoms with Crippen molar-refractivity contribution < 1.29 is 14.2 Å². The van der Waals surface area contributed by atoms with Gasteiger partial charge in [-0.25, -0.2) is 0 Å². The van der Waals surface area contributed by atoms with E-state index in [2.05, 4.69) is 5.32 Å². The van der Waals surface area contributed by atoms with E-state index in [0.29, 0.717) is 6.61 Å². The first kappa shape index (κ1) is 14.2. The van der Waals surface area contributed by atoms with Crippen LogP contribution in [0.1, 0.15) is 18.4 Å². The Bertz CT molecular complexity index is 391. The zero-order chi connectivity index (χ0) is 13.5. The van der Waals surface area contributed by atoms with E-state index in [1.165, 1.54) is 12.8 Å². The molecular weight excluding hydrogens is 242 g/mol. The lowest BCUT2D eigenvalue weighted by Gasteiger charge is -2.13. The van der Waals surface area contributed by atoms with Crippen molar-refractivity contribution in [3.8, 4) is 11.5 Å². The van der Waals surface area contributed by atoms with Gasteiger partial charge in [-0.15, -0.1) is 0 Å². The molecule has 106 valence electrons. The van der Waals surface area contributed by atoms with Crippen LogP contribution in [0.4, 0.5) is 0 Å². The van der Waals surface area contributed by atoms with E-state index >= 15 is 0 Å². The summed E-state index contributed by atoms with van der Waals surface area (Å²) < 4.78 is 16.2. The maximum Gasteiger partial charge on any atom is 0.124 e. The van der Waals surface area contributed by atoms with Crippen LogP contribution >= 0.6 is 0 Å². The van der Waals surface area contributed by atoms with E-state index in [-0.39, 0.29) is 0 Å². The summed E-state index contributed by atoms with van der Waals surface area (Å²) in [5, 5.41) is 3.34. The molecule has 0 saturated heterocycles. The molecule has 1 aromatic carbocycles. The quantitative estimate of drug-likeness (QED) is 0.695. The lowest BCUT2D eigenvalue weighted by molar-refractivity contribution is 0.199. The molecule has 1 saturated carbocycles. The average molecular weight is 265 g/mol. The largest absolute Gasteiger partial charge is 0.497 e. The van der Waals surface area contributed by atoms with Crippen molar-refractivity contribution in [1.82, 2.24) is 5.32 Å². The second-order valence-electron chi connectivity index (χ2n) is 4.90. The molecule has 0 atom stereocenters. The topological polar surface area (TPSA) is 39.7 Å². The first-order chi connectivity index (χ1) is 9.33. The van der Waals surface area contributed by atoms with E-state index in [1.54, 1.807) is 14.2 Å². The lowest BCUT2D eigenvalue weighted by Crippen LogP contribution is -2.19. The van der Waals surface area contributed by atoms with Crippen LogP contribution in [0, 0.1) is 5.92 Å². The Morgan fingerprint density at radius 3 is 2.79 bits per heavy atom. The summed E-state index contributed by atoms with van der Waals surface area (Å²) in [6.07, 6.45) is 2.61. The molecule has 0 radical (unpaired) electrons. The maximum absolute atomic E-state index is 5.89. The van der Waals surface area contributed by atoms with Gasteiger partial charge in [0.15, 0.2) is 0 Å². The molecule has 1 aromatic rings. The van der Waals surface area contributed by atoms with Crippen LogP contribution in [0.3, 0.4) is 0 Å². The number of benzene rings is 1. The summed E-state index contributed by atoms with van der Waals surface area (Å²) in [4.78, 5) is 0. The summed E-state index contributed by atoms with van der Waals surface area (Å²) in [6.45, 7) is 3.13. The number of hydrogen-bond donors (Lipinski definition) is 1. The van der Waals surface area contributed by atoms with Crippen LogP contribution < -0.4 is 14.8 Å². The Balaban J connectivity index is 1.93. The van der Waals surface area contributed by atoms with Gasteiger partial charge in [0.25, 0.3) is 0 Å². The molecule has 1 N–H and O–H groups in total. The van der Waals surface area contributed by atoms with Gasteiger partial charge in [0.1, 0.15) is 11.5 Å². The Kier molecular flexibility index (Phi) is 5.48. The molecule has 0 aromatic heterocycles. The predicted octanol–water partition coefficient (Wildman–Crippen LogP) is 2.22. The smallest absolute Gasteiger partial charge is 0.124 e. The van der Waals surface area contributed by atoms with E-state index in [9.17, 15) is 0 Å².